The van der Waals surface area contributed by atoms with E-state index in [4.69, 9.17) is 23.2 Å². The molecule has 0 amide bonds. The maximum Gasteiger partial charge on any atom is 0.418 e. The van der Waals surface area contributed by atoms with Crippen molar-refractivity contribution in [3.05, 3.63) is 39.3 Å². The lowest BCUT2D eigenvalue weighted by molar-refractivity contribution is -0.138. The van der Waals surface area contributed by atoms with Gasteiger partial charge in [-0.15, -0.1) is 0 Å². The summed E-state index contributed by atoms with van der Waals surface area (Å²) in [5.41, 5.74) is -0.481. The highest BCUT2D eigenvalue weighted by Crippen LogP contribution is 2.34. The quantitative estimate of drug-likeness (QED) is 0.790. The minimum absolute atomic E-state index is 0.122. The molecule has 8 heteroatoms. The summed E-state index contributed by atoms with van der Waals surface area (Å²) in [5.74, 6) is 0.122. The van der Waals surface area contributed by atoms with E-state index < -0.39 is 11.7 Å². The van der Waals surface area contributed by atoms with E-state index in [0.717, 1.165) is 6.07 Å². The van der Waals surface area contributed by atoms with E-state index in [9.17, 15) is 13.2 Å². The molecule has 2 heterocycles. The summed E-state index contributed by atoms with van der Waals surface area (Å²) in [4.78, 5) is 3.87. The molecule has 0 bridgehead atoms. The van der Waals surface area contributed by atoms with Crippen molar-refractivity contribution in [2.75, 3.05) is 0 Å². The van der Waals surface area contributed by atoms with Gasteiger partial charge in [0.15, 0.2) is 5.82 Å². The number of rotatable bonds is 1. The molecule has 0 atom stereocenters. The van der Waals surface area contributed by atoms with Gasteiger partial charge in [-0.1, -0.05) is 23.2 Å². The van der Waals surface area contributed by atoms with Gasteiger partial charge in [-0.05, 0) is 19.9 Å². The Morgan fingerprint density at radius 2 is 1.79 bits per heavy atom. The Morgan fingerprint density at radius 3 is 2.26 bits per heavy atom. The fourth-order valence-corrected chi connectivity index (χ4v) is 1.96. The van der Waals surface area contributed by atoms with Crippen LogP contribution in [-0.4, -0.2) is 14.8 Å². The largest absolute Gasteiger partial charge is 0.418 e. The fourth-order valence-electron chi connectivity index (χ4n) is 1.61. The molecule has 2 rings (SSSR count). The van der Waals surface area contributed by atoms with Crippen LogP contribution in [0.1, 0.15) is 17.0 Å². The molecule has 2 aromatic heterocycles. The zero-order chi connectivity index (χ0) is 14.4. The highest BCUT2D eigenvalue weighted by Gasteiger charge is 2.34. The highest BCUT2D eigenvalue weighted by molar-refractivity contribution is 6.32. The van der Waals surface area contributed by atoms with Crippen LogP contribution in [0.15, 0.2) is 12.3 Å². The Hall–Kier alpha value is -1.27. The van der Waals surface area contributed by atoms with Crippen molar-refractivity contribution in [1.29, 1.82) is 0 Å². The minimum atomic E-state index is -4.49. The van der Waals surface area contributed by atoms with Crippen molar-refractivity contribution in [2.45, 2.75) is 20.0 Å². The Labute approximate surface area is 117 Å². The summed E-state index contributed by atoms with van der Waals surface area (Å²) >= 11 is 11.7. The van der Waals surface area contributed by atoms with Crippen LogP contribution in [0.2, 0.25) is 10.0 Å². The van der Waals surface area contributed by atoms with Gasteiger partial charge in [-0.25, -0.2) is 9.67 Å². The maximum atomic E-state index is 12.7. The number of halogens is 5. The van der Waals surface area contributed by atoms with E-state index in [0.29, 0.717) is 10.7 Å². The summed E-state index contributed by atoms with van der Waals surface area (Å²) in [7, 11) is 0. The summed E-state index contributed by atoms with van der Waals surface area (Å²) < 4.78 is 39.4. The van der Waals surface area contributed by atoms with Crippen LogP contribution < -0.4 is 0 Å². The van der Waals surface area contributed by atoms with Crippen LogP contribution in [0.4, 0.5) is 13.2 Å². The van der Waals surface area contributed by atoms with E-state index in [1.165, 1.54) is 17.8 Å². The van der Waals surface area contributed by atoms with Gasteiger partial charge in [-0.2, -0.15) is 18.3 Å². The third-order valence-corrected chi connectivity index (χ3v) is 3.25. The third kappa shape index (κ3) is 2.55. The highest BCUT2D eigenvalue weighted by atomic mass is 35.5. The van der Waals surface area contributed by atoms with Gasteiger partial charge in [0.05, 0.1) is 33.2 Å². The lowest BCUT2D eigenvalue weighted by Crippen LogP contribution is -2.12. The van der Waals surface area contributed by atoms with E-state index in [1.807, 2.05) is 0 Å². The minimum Gasteiger partial charge on any atom is -0.232 e. The Kier molecular flexibility index (Phi) is 3.49. The predicted octanol–water partition coefficient (Wildman–Crippen LogP) is 4.21. The molecular weight excluding hydrogens is 302 g/mol. The van der Waals surface area contributed by atoms with Crippen molar-refractivity contribution < 1.29 is 13.2 Å². The second-order valence-electron chi connectivity index (χ2n) is 3.91. The second-order valence-corrected chi connectivity index (χ2v) is 4.73. The molecular formula is C11H8Cl2F3N3. The number of aromatic nitrogens is 3. The van der Waals surface area contributed by atoms with Crippen molar-refractivity contribution in [3.63, 3.8) is 0 Å². The maximum absolute atomic E-state index is 12.7. The molecule has 0 unspecified atom stereocenters. The molecule has 19 heavy (non-hydrogen) atoms. The van der Waals surface area contributed by atoms with E-state index in [1.54, 1.807) is 6.92 Å². The first-order valence-corrected chi connectivity index (χ1v) is 5.92. The molecule has 0 aliphatic rings. The molecule has 0 spiro atoms. The molecule has 3 nitrogen and oxygen atoms in total. The molecule has 0 aliphatic heterocycles. The topological polar surface area (TPSA) is 30.7 Å². The lowest BCUT2D eigenvalue weighted by atomic mass is 10.2. The monoisotopic (exact) mass is 309 g/mol. The molecule has 0 aliphatic carbocycles. The molecule has 0 aromatic carbocycles. The average Bonchev–Trinajstić information content (AvgIpc) is 2.61. The predicted molar refractivity (Wildman–Crippen MR) is 65.9 cm³/mol. The third-order valence-electron chi connectivity index (χ3n) is 2.60. The Balaban J connectivity index is 2.62. The van der Waals surface area contributed by atoms with Crippen LogP contribution in [-0.2, 0) is 6.18 Å². The smallest absolute Gasteiger partial charge is 0.232 e. The van der Waals surface area contributed by atoms with E-state index >= 15 is 0 Å². The molecule has 2 aromatic rings. The molecule has 0 saturated carbocycles. The fraction of sp³-hybridized carbons (Fsp3) is 0.273. The Bertz CT molecular complexity index is 635. The van der Waals surface area contributed by atoms with Gasteiger partial charge in [0.1, 0.15) is 0 Å². The van der Waals surface area contributed by atoms with Gasteiger partial charge >= 0.3 is 6.18 Å². The summed E-state index contributed by atoms with van der Waals surface area (Å²) in [6.07, 6.45) is -3.11. The van der Waals surface area contributed by atoms with Crippen LogP contribution >= 0.6 is 23.2 Å². The molecule has 0 fully saturated rings. The van der Waals surface area contributed by atoms with Crippen molar-refractivity contribution in [1.82, 2.24) is 14.8 Å². The van der Waals surface area contributed by atoms with Crippen molar-refractivity contribution in [3.8, 4) is 5.82 Å². The molecule has 0 saturated heterocycles. The van der Waals surface area contributed by atoms with Gasteiger partial charge in [0.2, 0.25) is 0 Å². The summed E-state index contributed by atoms with van der Waals surface area (Å²) in [5, 5.41) is 4.18. The number of hydrogen-bond donors (Lipinski definition) is 0. The van der Waals surface area contributed by atoms with Crippen LogP contribution in [0, 0.1) is 13.8 Å². The number of alkyl halides is 3. The van der Waals surface area contributed by atoms with E-state index in [-0.39, 0.29) is 16.5 Å². The summed E-state index contributed by atoms with van der Waals surface area (Å²) in [6.45, 7) is 2.93. The molecule has 0 radical (unpaired) electrons. The number of aryl methyl sites for hydroxylation is 1. The number of hydrogen-bond acceptors (Lipinski definition) is 2. The summed E-state index contributed by atoms with van der Waals surface area (Å²) in [6, 6.07) is 0.842. The van der Waals surface area contributed by atoms with Gasteiger partial charge in [0, 0.05) is 0 Å². The van der Waals surface area contributed by atoms with Gasteiger partial charge < -0.3 is 0 Å². The zero-order valence-corrected chi connectivity index (χ0v) is 11.4. The molecule has 102 valence electrons. The first kappa shape index (κ1) is 14.1. The van der Waals surface area contributed by atoms with E-state index in [2.05, 4.69) is 10.1 Å². The van der Waals surface area contributed by atoms with Crippen LogP contribution in [0.3, 0.4) is 0 Å². The number of nitrogens with zero attached hydrogens (tertiary/aromatic N) is 3. The Morgan fingerprint density at radius 1 is 1.16 bits per heavy atom. The average molecular weight is 310 g/mol. The van der Waals surface area contributed by atoms with Crippen molar-refractivity contribution >= 4 is 23.2 Å². The van der Waals surface area contributed by atoms with Crippen LogP contribution in [0.25, 0.3) is 5.82 Å². The SMILES string of the molecule is Cc1nc(-n2ncc(Cl)c2C)c(Cl)cc1C(F)(F)F. The van der Waals surface area contributed by atoms with Gasteiger partial charge in [-0.3, -0.25) is 0 Å². The van der Waals surface area contributed by atoms with Gasteiger partial charge in [0.25, 0.3) is 0 Å². The lowest BCUT2D eigenvalue weighted by Gasteiger charge is -2.13. The number of pyridine rings is 1. The normalized spacial score (nSPS) is 11.9. The molecule has 0 N–H and O–H groups in total. The van der Waals surface area contributed by atoms with Crippen molar-refractivity contribution in [2.24, 2.45) is 0 Å². The first-order chi connectivity index (χ1) is 8.71. The first-order valence-electron chi connectivity index (χ1n) is 5.16. The zero-order valence-electron chi connectivity index (χ0n) is 9.89. The standard InChI is InChI=1S/C11H8Cl2F3N3/c1-5-7(11(14,15)16)3-8(12)10(18-5)19-6(2)9(13)4-17-19/h3-4H,1-2H3. The second kappa shape index (κ2) is 4.68. The van der Waals surface area contributed by atoms with Crippen LogP contribution in [0.5, 0.6) is 0 Å².